The lowest BCUT2D eigenvalue weighted by Crippen LogP contribution is -2.39. The molecule has 0 radical (unpaired) electrons. The number of hydrogen-bond donors (Lipinski definition) is 1. The van der Waals surface area contributed by atoms with Crippen LogP contribution in [-0.2, 0) is 6.42 Å². The maximum atomic E-state index is 6.54. The summed E-state index contributed by atoms with van der Waals surface area (Å²) in [4.78, 5) is 0. The molecule has 0 spiro atoms. The number of hydrogen-bond acceptors (Lipinski definition) is 2. The van der Waals surface area contributed by atoms with Crippen molar-refractivity contribution in [2.75, 3.05) is 6.61 Å². The highest BCUT2D eigenvalue weighted by Crippen LogP contribution is 2.50. The lowest BCUT2D eigenvalue weighted by atomic mass is 9.80. The van der Waals surface area contributed by atoms with E-state index in [0.717, 1.165) is 36.5 Å². The van der Waals surface area contributed by atoms with Crippen LogP contribution in [0.4, 0.5) is 0 Å². The summed E-state index contributed by atoms with van der Waals surface area (Å²) >= 11 is 0. The molecule has 1 aromatic rings. The third kappa shape index (κ3) is 2.24. The third-order valence-corrected chi connectivity index (χ3v) is 5.97. The minimum atomic E-state index is 0.313. The molecule has 1 aliphatic heterocycles. The fourth-order valence-electron chi connectivity index (χ4n) is 4.83. The summed E-state index contributed by atoms with van der Waals surface area (Å²) in [5.41, 5.74) is 7.88. The van der Waals surface area contributed by atoms with Crippen LogP contribution in [0.3, 0.4) is 0 Å². The molecule has 5 atom stereocenters. The summed E-state index contributed by atoms with van der Waals surface area (Å²) in [7, 11) is 0. The van der Waals surface area contributed by atoms with Crippen molar-refractivity contribution in [1.29, 1.82) is 0 Å². The van der Waals surface area contributed by atoms with Crippen molar-refractivity contribution in [2.45, 2.75) is 44.6 Å². The number of para-hydroxylation sites is 1. The SMILES string of the molecule is NC(CC1CC2CCC1C2)C1COc2ccccc2C1. The topological polar surface area (TPSA) is 35.2 Å². The minimum Gasteiger partial charge on any atom is -0.493 e. The van der Waals surface area contributed by atoms with Gasteiger partial charge in [-0.25, -0.2) is 0 Å². The van der Waals surface area contributed by atoms with E-state index in [9.17, 15) is 0 Å². The molecule has 5 unspecified atom stereocenters. The molecule has 0 aromatic heterocycles. The summed E-state index contributed by atoms with van der Waals surface area (Å²) < 4.78 is 5.90. The number of benzene rings is 1. The molecular formula is C18H25NO. The highest BCUT2D eigenvalue weighted by atomic mass is 16.5. The Bertz CT molecular complexity index is 486. The quantitative estimate of drug-likeness (QED) is 0.914. The van der Waals surface area contributed by atoms with Gasteiger partial charge in [-0.15, -0.1) is 0 Å². The van der Waals surface area contributed by atoms with E-state index in [2.05, 4.69) is 18.2 Å². The average Bonchev–Trinajstić information content (AvgIpc) is 3.09. The van der Waals surface area contributed by atoms with Crippen LogP contribution in [0, 0.1) is 23.7 Å². The van der Waals surface area contributed by atoms with E-state index in [-0.39, 0.29) is 0 Å². The number of rotatable bonds is 3. The summed E-state index contributed by atoms with van der Waals surface area (Å²) in [5, 5.41) is 0. The Labute approximate surface area is 121 Å². The molecule has 2 bridgehead atoms. The molecule has 2 fully saturated rings. The van der Waals surface area contributed by atoms with Gasteiger partial charge in [-0.1, -0.05) is 24.6 Å². The number of fused-ring (bicyclic) bond motifs is 3. The van der Waals surface area contributed by atoms with Crippen LogP contribution in [0.25, 0.3) is 0 Å². The fourth-order valence-corrected chi connectivity index (χ4v) is 4.83. The van der Waals surface area contributed by atoms with Gasteiger partial charge in [0.1, 0.15) is 5.75 Å². The lowest BCUT2D eigenvalue weighted by molar-refractivity contribution is 0.175. The van der Waals surface area contributed by atoms with Crippen LogP contribution in [0.1, 0.15) is 37.7 Å². The van der Waals surface area contributed by atoms with Crippen molar-refractivity contribution in [3.63, 3.8) is 0 Å². The van der Waals surface area contributed by atoms with E-state index in [1.54, 1.807) is 0 Å². The summed E-state index contributed by atoms with van der Waals surface area (Å²) in [6.07, 6.45) is 8.20. The van der Waals surface area contributed by atoms with E-state index in [1.807, 2.05) is 6.07 Å². The minimum absolute atomic E-state index is 0.313. The van der Waals surface area contributed by atoms with Gasteiger partial charge in [0, 0.05) is 12.0 Å². The third-order valence-electron chi connectivity index (χ3n) is 5.97. The van der Waals surface area contributed by atoms with E-state index in [1.165, 1.54) is 37.7 Å². The molecule has 1 aromatic carbocycles. The Morgan fingerprint density at radius 2 is 2.10 bits per heavy atom. The highest BCUT2D eigenvalue weighted by Gasteiger charge is 2.40. The zero-order chi connectivity index (χ0) is 13.5. The Morgan fingerprint density at radius 1 is 1.20 bits per heavy atom. The van der Waals surface area contributed by atoms with Gasteiger partial charge in [-0.2, -0.15) is 0 Å². The molecule has 2 saturated carbocycles. The molecule has 2 N–H and O–H groups in total. The molecule has 3 aliphatic rings. The Kier molecular flexibility index (Phi) is 3.22. The highest BCUT2D eigenvalue weighted by molar-refractivity contribution is 5.35. The fraction of sp³-hybridized carbons (Fsp3) is 0.667. The van der Waals surface area contributed by atoms with Crippen molar-refractivity contribution in [3.8, 4) is 5.75 Å². The first-order chi connectivity index (χ1) is 9.79. The van der Waals surface area contributed by atoms with E-state index in [0.29, 0.717) is 12.0 Å². The van der Waals surface area contributed by atoms with Gasteiger partial charge in [-0.3, -0.25) is 0 Å². The van der Waals surface area contributed by atoms with Gasteiger partial charge in [0.2, 0.25) is 0 Å². The van der Waals surface area contributed by atoms with E-state index in [4.69, 9.17) is 10.5 Å². The molecule has 2 aliphatic carbocycles. The number of ether oxygens (including phenoxy) is 1. The largest absolute Gasteiger partial charge is 0.493 e. The summed E-state index contributed by atoms with van der Waals surface area (Å²) in [6, 6.07) is 8.73. The van der Waals surface area contributed by atoms with Crippen LogP contribution in [-0.4, -0.2) is 12.6 Å². The lowest BCUT2D eigenvalue weighted by Gasteiger charge is -2.32. The van der Waals surface area contributed by atoms with Crippen molar-refractivity contribution < 1.29 is 4.74 Å². The Balaban J connectivity index is 1.39. The molecule has 108 valence electrons. The van der Waals surface area contributed by atoms with E-state index >= 15 is 0 Å². The first-order valence-corrected chi connectivity index (χ1v) is 8.26. The van der Waals surface area contributed by atoms with Gasteiger partial charge < -0.3 is 10.5 Å². The van der Waals surface area contributed by atoms with Gasteiger partial charge in [-0.05, 0) is 61.5 Å². The van der Waals surface area contributed by atoms with Crippen molar-refractivity contribution in [2.24, 2.45) is 29.4 Å². The second kappa shape index (κ2) is 5.07. The predicted molar refractivity (Wildman–Crippen MR) is 80.7 cm³/mol. The number of nitrogens with two attached hydrogens (primary N) is 1. The Hall–Kier alpha value is -1.02. The molecule has 4 rings (SSSR count). The summed E-state index contributed by atoms with van der Waals surface area (Å²) in [5.74, 6) is 4.49. The van der Waals surface area contributed by atoms with Gasteiger partial charge >= 0.3 is 0 Å². The first-order valence-electron chi connectivity index (χ1n) is 8.26. The standard InChI is InChI=1S/C18H25NO/c19-17(10-15-8-12-5-6-13(15)7-12)16-9-14-3-1-2-4-18(14)20-11-16/h1-4,12-13,15-17H,5-11,19H2. The van der Waals surface area contributed by atoms with Crippen LogP contribution in [0.15, 0.2) is 24.3 Å². The molecular weight excluding hydrogens is 246 g/mol. The van der Waals surface area contributed by atoms with Gasteiger partial charge in [0.25, 0.3) is 0 Å². The van der Waals surface area contributed by atoms with Crippen LogP contribution in [0.5, 0.6) is 5.75 Å². The van der Waals surface area contributed by atoms with Crippen LogP contribution < -0.4 is 10.5 Å². The van der Waals surface area contributed by atoms with Crippen molar-refractivity contribution >= 4 is 0 Å². The molecule has 20 heavy (non-hydrogen) atoms. The molecule has 0 saturated heterocycles. The second-order valence-electron chi connectivity index (χ2n) is 7.22. The van der Waals surface area contributed by atoms with Crippen LogP contribution >= 0.6 is 0 Å². The maximum absolute atomic E-state index is 6.54. The summed E-state index contributed by atoms with van der Waals surface area (Å²) in [6.45, 7) is 0.805. The van der Waals surface area contributed by atoms with E-state index < -0.39 is 0 Å². The maximum Gasteiger partial charge on any atom is 0.122 e. The monoisotopic (exact) mass is 271 g/mol. The molecule has 0 amide bonds. The van der Waals surface area contributed by atoms with Crippen molar-refractivity contribution in [3.05, 3.63) is 29.8 Å². The first kappa shape index (κ1) is 12.7. The van der Waals surface area contributed by atoms with Gasteiger partial charge in [0.15, 0.2) is 0 Å². The normalized spacial score (nSPS) is 36.5. The second-order valence-corrected chi connectivity index (χ2v) is 7.22. The predicted octanol–water partition coefficient (Wildman–Crippen LogP) is 3.39. The molecule has 2 heteroatoms. The zero-order valence-corrected chi connectivity index (χ0v) is 12.1. The molecule has 1 heterocycles. The average molecular weight is 271 g/mol. The Morgan fingerprint density at radius 3 is 2.90 bits per heavy atom. The van der Waals surface area contributed by atoms with Crippen molar-refractivity contribution in [1.82, 2.24) is 0 Å². The molecule has 2 nitrogen and oxygen atoms in total. The van der Waals surface area contributed by atoms with Gasteiger partial charge in [0.05, 0.1) is 6.61 Å². The smallest absolute Gasteiger partial charge is 0.122 e. The zero-order valence-electron chi connectivity index (χ0n) is 12.1. The van der Waals surface area contributed by atoms with Crippen LogP contribution in [0.2, 0.25) is 0 Å².